The lowest BCUT2D eigenvalue weighted by Gasteiger charge is -2.13. The number of amides is 1. The molecule has 4 aromatic rings. The van der Waals surface area contributed by atoms with Gasteiger partial charge in [0.15, 0.2) is 0 Å². The minimum Gasteiger partial charge on any atom is -0.488 e. The van der Waals surface area contributed by atoms with Crippen molar-refractivity contribution >= 4 is 63.2 Å². The first-order valence-corrected chi connectivity index (χ1v) is 11.3. The van der Waals surface area contributed by atoms with Crippen molar-refractivity contribution in [3.63, 3.8) is 0 Å². The summed E-state index contributed by atoms with van der Waals surface area (Å²) in [7, 11) is 0. The second-order valence-electron chi connectivity index (χ2n) is 7.37. The lowest BCUT2D eigenvalue weighted by atomic mass is 10.0. The molecule has 4 nitrogen and oxygen atoms in total. The molecule has 0 saturated heterocycles. The van der Waals surface area contributed by atoms with Gasteiger partial charge in [-0.1, -0.05) is 77.3 Å². The zero-order valence-electron chi connectivity index (χ0n) is 17.7. The van der Waals surface area contributed by atoms with Crippen LogP contribution in [0.1, 0.15) is 11.1 Å². The lowest BCUT2D eigenvalue weighted by molar-refractivity contribution is -0.112. The number of nitrogens with zero attached hydrogens (tertiary/aromatic N) is 1. The van der Waals surface area contributed by atoms with Crippen LogP contribution in [0.5, 0.6) is 5.75 Å². The quantitative estimate of drug-likeness (QED) is 0.213. The van der Waals surface area contributed by atoms with Crippen LogP contribution in [-0.4, -0.2) is 5.91 Å². The Morgan fingerprint density at radius 3 is 2.53 bits per heavy atom. The van der Waals surface area contributed by atoms with Gasteiger partial charge in [-0.25, -0.2) is 0 Å². The van der Waals surface area contributed by atoms with Crippen molar-refractivity contribution in [2.75, 3.05) is 5.32 Å². The van der Waals surface area contributed by atoms with Gasteiger partial charge in [-0.15, -0.1) is 0 Å². The third kappa shape index (κ3) is 5.52. The van der Waals surface area contributed by atoms with Gasteiger partial charge in [0.05, 0.1) is 10.0 Å². The number of ether oxygens (including phenoxy) is 1. The minimum absolute atomic E-state index is 0.0734. The van der Waals surface area contributed by atoms with E-state index in [9.17, 15) is 10.1 Å². The molecule has 0 heterocycles. The number of benzene rings is 4. The molecule has 1 N–H and O–H groups in total. The zero-order valence-corrected chi connectivity index (χ0v) is 20.0. The zero-order chi connectivity index (χ0) is 24.1. The summed E-state index contributed by atoms with van der Waals surface area (Å²) in [5.74, 6) is -0.0267. The topological polar surface area (TPSA) is 62.1 Å². The summed E-state index contributed by atoms with van der Waals surface area (Å²) >= 11 is 18.1. The predicted octanol–water partition coefficient (Wildman–Crippen LogP) is 7.92. The highest BCUT2D eigenvalue weighted by atomic mass is 35.5. The highest BCUT2D eigenvalue weighted by molar-refractivity contribution is 6.42. The van der Waals surface area contributed by atoms with E-state index in [2.05, 4.69) is 5.32 Å². The Labute approximate surface area is 211 Å². The van der Waals surface area contributed by atoms with Crippen molar-refractivity contribution in [3.05, 3.63) is 111 Å². The van der Waals surface area contributed by atoms with Crippen molar-refractivity contribution in [1.82, 2.24) is 0 Å². The smallest absolute Gasteiger partial charge is 0.266 e. The number of halogens is 3. The molecule has 0 fully saturated rings. The van der Waals surface area contributed by atoms with Crippen molar-refractivity contribution < 1.29 is 9.53 Å². The maximum Gasteiger partial charge on any atom is 0.266 e. The normalized spacial score (nSPS) is 11.2. The Morgan fingerprint density at radius 1 is 0.941 bits per heavy atom. The number of carbonyl (C=O) groups is 1. The first-order chi connectivity index (χ1) is 16.4. The van der Waals surface area contributed by atoms with E-state index in [0.29, 0.717) is 32.1 Å². The van der Waals surface area contributed by atoms with Crippen molar-refractivity contribution in [3.8, 4) is 11.8 Å². The first-order valence-electron chi connectivity index (χ1n) is 10.2. The van der Waals surface area contributed by atoms with E-state index in [4.69, 9.17) is 39.5 Å². The third-order valence-corrected chi connectivity index (χ3v) is 6.02. The molecule has 0 atom stereocenters. The fraction of sp³-hybridized carbons (Fsp3) is 0.0370. The average molecular weight is 508 g/mol. The van der Waals surface area contributed by atoms with E-state index in [1.807, 2.05) is 48.5 Å². The van der Waals surface area contributed by atoms with Gasteiger partial charge < -0.3 is 10.1 Å². The Kier molecular flexibility index (Phi) is 7.40. The number of hydrogen-bond acceptors (Lipinski definition) is 3. The van der Waals surface area contributed by atoms with Crippen molar-refractivity contribution in [2.24, 2.45) is 0 Å². The number of anilines is 1. The predicted molar refractivity (Wildman–Crippen MR) is 138 cm³/mol. The van der Waals surface area contributed by atoms with Crippen molar-refractivity contribution in [1.29, 1.82) is 5.26 Å². The van der Waals surface area contributed by atoms with Gasteiger partial charge in [-0.2, -0.15) is 5.26 Å². The number of hydrogen-bond donors (Lipinski definition) is 1. The van der Waals surface area contributed by atoms with Gasteiger partial charge in [0, 0.05) is 16.3 Å². The van der Waals surface area contributed by atoms with Gasteiger partial charge >= 0.3 is 0 Å². The lowest BCUT2D eigenvalue weighted by Crippen LogP contribution is -2.13. The van der Waals surface area contributed by atoms with Gasteiger partial charge in [-0.3, -0.25) is 4.79 Å². The van der Waals surface area contributed by atoms with Crippen molar-refractivity contribution in [2.45, 2.75) is 6.61 Å². The molecular formula is C27H17Cl3N2O2. The van der Waals surface area contributed by atoms with Crippen LogP contribution in [0.2, 0.25) is 15.1 Å². The number of fused-ring (bicyclic) bond motifs is 1. The number of nitrogens with one attached hydrogen (secondary N) is 1. The molecule has 4 aromatic carbocycles. The molecule has 0 saturated carbocycles. The monoisotopic (exact) mass is 506 g/mol. The minimum atomic E-state index is -0.548. The molecule has 0 radical (unpaired) electrons. The fourth-order valence-electron chi connectivity index (χ4n) is 3.40. The fourth-order valence-corrected chi connectivity index (χ4v) is 3.91. The van der Waals surface area contributed by atoms with Gasteiger partial charge in [-0.05, 0) is 58.8 Å². The second-order valence-corrected chi connectivity index (χ2v) is 8.62. The van der Waals surface area contributed by atoms with E-state index in [0.717, 1.165) is 16.3 Å². The van der Waals surface area contributed by atoms with E-state index in [-0.39, 0.29) is 12.2 Å². The number of carbonyl (C=O) groups excluding carboxylic acids is 1. The number of rotatable bonds is 6. The molecule has 0 bridgehead atoms. The standard InChI is InChI=1S/C27H17Cl3N2O2/c28-20-5-3-6-21(14-20)32-27(33)19(15-31)13-23-22-7-2-1-4-18(22)9-11-26(23)34-16-17-8-10-24(29)25(30)12-17/h1-14H,16H2,(H,32,33)/b19-13+. The maximum atomic E-state index is 12.8. The molecule has 34 heavy (non-hydrogen) atoms. The van der Waals surface area contributed by atoms with Crippen LogP contribution < -0.4 is 10.1 Å². The highest BCUT2D eigenvalue weighted by Crippen LogP contribution is 2.32. The summed E-state index contributed by atoms with van der Waals surface area (Å²) in [6, 6.07) is 25.4. The van der Waals surface area contributed by atoms with Crippen LogP contribution in [0.3, 0.4) is 0 Å². The van der Waals surface area contributed by atoms with Crippen LogP contribution >= 0.6 is 34.8 Å². The molecule has 0 spiro atoms. The first kappa shape index (κ1) is 23.7. The van der Waals surface area contributed by atoms with E-state index < -0.39 is 5.91 Å². The van der Waals surface area contributed by atoms with Gasteiger partial charge in [0.1, 0.15) is 24.0 Å². The SMILES string of the molecule is N#C/C(=C\c1c(OCc2ccc(Cl)c(Cl)c2)ccc2ccccc12)C(=O)Nc1cccc(Cl)c1. The van der Waals surface area contributed by atoms with E-state index in [1.54, 1.807) is 36.4 Å². The molecule has 4 rings (SSSR count). The molecule has 7 heteroatoms. The summed E-state index contributed by atoms with van der Waals surface area (Å²) in [6.07, 6.45) is 1.53. The van der Waals surface area contributed by atoms with Crippen LogP contribution in [-0.2, 0) is 11.4 Å². The third-order valence-electron chi connectivity index (χ3n) is 5.05. The van der Waals surface area contributed by atoms with Crippen LogP contribution in [0, 0.1) is 11.3 Å². The van der Waals surface area contributed by atoms with Crippen LogP contribution in [0.4, 0.5) is 5.69 Å². The van der Waals surface area contributed by atoms with Crippen LogP contribution in [0.25, 0.3) is 16.8 Å². The van der Waals surface area contributed by atoms with E-state index in [1.165, 1.54) is 6.08 Å². The number of nitriles is 1. The summed E-state index contributed by atoms with van der Waals surface area (Å²) in [4.78, 5) is 12.8. The second kappa shape index (κ2) is 10.6. The summed E-state index contributed by atoms with van der Waals surface area (Å²) in [5.41, 5.74) is 1.87. The molecule has 0 aliphatic rings. The molecule has 168 valence electrons. The Hall–Kier alpha value is -3.49. The summed E-state index contributed by atoms with van der Waals surface area (Å²) in [6.45, 7) is 0.229. The summed E-state index contributed by atoms with van der Waals surface area (Å²) in [5, 5.41) is 15.6. The molecule has 0 unspecified atom stereocenters. The van der Waals surface area contributed by atoms with Crippen LogP contribution in [0.15, 0.2) is 84.4 Å². The molecule has 0 aromatic heterocycles. The van der Waals surface area contributed by atoms with E-state index >= 15 is 0 Å². The molecular weight excluding hydrogens is 491 g/mol. The Balaban J connectivity index is 1.70. The molecule has 0 aliphatic carbocycles. The van der Waals surface area contributed by atoms with Gasteiger partial charge in [0.25, 0.3) is 5.91 Å². The maximum absolute atomic E-state index is 12.8. The largest absolute Gasteiger partial charge is 0.488 e. The molecule has 1 amide bonds. The molecule has 0 aliphatic heterocycles. The highest BCUT2D eigenvalue weighted by Gasteiger charge is 2.14. The Morgan fingerprint density at radius 2 is 1.76 bits per heavy atom. The van der Waals surface area contributed by atoms with Gasteiger partial charge in [0.2, 0.25) is 0 Å². The average Bonchev–Trinajstić information content (AvgIpc) is 2.83. The summed E-state index contributed by atoms with van der Waals surface area (Å²) < 4.78 is 6.08. The Bertz CT molecular complexity index is 1460.